The van der Waals surface area contributed by atoms with Crippen molar-refractivity contribution in [2.75, 3.05) is 11.5 Å². The Morgan fingerprint density at radius 3 is 1.40 bits per heavy atom. The molecule has 0 heterocycles. The molecule has 0 N–H and O–H groups in total. The Labute approximate surface area is 83.8 Å². The van der Waals surface area contributed by atoms with E-state index in [0.29, 0.717) is 11.5 Å². The minimum atomic E-state index is -4.25. The summed E-state index contributed by atoms with van der Waals surface area (Å²) < 4.78 is 0. The first-order valence-electron chi connectivity index (χ1n) is 2.72. The minimum Gasteiger partial charge on any atom is -0.848 e. The van der Waals surface area contributed by atoms with Gasteiger partial charge in [0.25, 0.3) is 0 Å². The summed E-state index contributed by atoms with van der Waals surface area (Å²) in [6.45, 7) is -0.813. The first-order valence-corrected chi connectivity index (χ1v) is 6.43. The summed E-state index contributed by atoms with van der Waals surface area (Å²) in [7, 11) is -0.911. The summed E-state index contributed by atoms with van der Waals surface area (Å²) in [5.41, 5.74) is 0. The molecule has 0 spiro atoms. The van der Waals surface area contributed by atoms with Crippen molar-refractivity contribution >= 4 is 44.1 Å². The summed E-state index contributed by atoms with van der Waals surface area (Å²) in [5.74, 6) is 0.918. The topological polar surface area (TPSA) is 69.2 Å². The Balaban J connectivity index is 0. The van der Waals surface area contributed by atoms with Gasteiger partial charge >= 0.3 is 0 Å². The van der Waals surface area contributed by atoms with Gasteiger partial charge in [-0.25, -0.2) is 10.1 Å². The van der Waals surface area contributed by atoms with Crippen LogP contribution >= 0.6 is 6.72 Å². The maximum Gasteiger partial charge on any atom is 0 e. The van der Waals surface area contributed by atoms with Crippen molar-refractivity contribution in [2.24, 2.45) is 0 Å². The third kappa shape index (κ3) is 5.26. The molecule has 0 unspecified atom stereocenters. The maximum absolute atomic E-state index is 10.3. The van der Waals surface area contributed by atoms with Gasteiger partial charge in [-0.05, 0) is 11.5 Å². The van der Waals surface area contributed by atoms with Gasteiger partial charge in [0.2, 0.25) is 0 Å². The summed E-state index contributed by atoms with van der Waals surface area (Å²) in [6.07, 6.45) is 0. The normalized spacial score (nSPS) is 11.4. The molecule has 0 aromatic heterocycles. The summed E-state index contributed by atoms with van der Waals surface area (Å²) in [4.78, 5) is 30.8. The van der Waals surface area contributed by atoms with Gasteiger partial charge in [-0.3, -0.25) is 0 Å². The van der Waals surface area contributed by atoms with E-state index in [-0.39, 0.29) is 27.3 Å². The first-order chi connectivity index (χ1) is 4.02. The molecule has 0 saturated carbocycles. The average Bonchev–Trinajstić information content (AvgIpc) is 1.65. The average molecular weight is 376 g/mol. The molecule has 10 heavy (non-hydrogen) atoms. The standard InChI is InChI=1S/C4H10O3PS.Pb/c1-3-9(4-2)8(5,6)7;/h3-4H2,1-2H3;/q-3;. The molecule has 4 radical (unpaired) electrons. The Hall–Kier alpha value is 1.58. The van der Waals surface area contributed by atoms with Crippen LogP contribution in [0.4, 0.5) is 0 Å². The van der Waals surface area contributed by atoms with Gasteiger partial charge < -0.3 is 21.4 Å². The van der Waals surface area contributed by atoms with Crippen molar-refractivity contribution in [1.29, 1.82) is 0 Å². The molecule has 6 heteroatoms. The molecule has 0 atom stereocenters. The molecule has 0 aromatic carbocycles. The smallest absolute Gasteiger partial charge is 0 e. The molecule has 0 aliphatic heterocycles. The van der Waals surface area contributed by atoms with E-state index in [1.807, 2.05) is 0 Å². The van der Waals surface area contributed by atoms with E-state index >= 15 is 0 Å². The van der Waals surface area contributed by atoms with Gasteiger partial charge in [-0.1, -0.05) is 13.8 Å². The van der Waals surface area contributed by atoms with E-state index in [1.165, 1.54) is 0 Å². The van der Waals surface area contributed by atoms with Crippen molar-refractivity contribution in [1.82, 2.24) is 0 Å². The van der Waals surface area contributed by atoms with Gasteiger partial charge in [0.15, 0.2) is 0 Å². The van der Waals surface area contributed by atoms with Crippen LogP contribution in [0, 0.1) is 0 Å². The van der Waals surface area contributed by atoms with E-state index in [4.69, 9.17) is 0 Å². The van der Waals surface area contributed by atoms with Crippen LogP contribution in [0.3, 0.4) is 0 Å². The molecular weight excluding hydrogens is 366 g/mol. The van der Waals surface area contributed by atoms with Gasteiger partial charge in [0, 0.05) is 27.3 Å². The van der Waals surface area contributed by atoms with Crippen LogP contribution in [-0.4, -0.2) is 38.8 Å². The van der Waals surface area contributed by atoms with Crippen LogP contribution in [0.1, 0.15) is 13.8 Å². The zero-order valence-electron chi connectivity index (χ0n) is 5.99. The third-order valence-corrected chi connectivity index (χ3v) is 6.39. The van der Waals surface area contributed by atoms with E-state index in [0.717, 1.165) is 0 Å². The summed E-state index contributed by atoms with van der Waals surface area (Å²) in [6, 6.07) is 0. The molecule has 0 aliphatic rings. The van der Waals surface area contributed by atoms with Crippen molar-refractivity contribution in [3.63, 3.8) is 0 Å². The Morgan fingerprint density at radius 2 is 1.40 bits per heavy atom. The zero-order valence-corrected chi connectivity index (χ0v) is 11.6. The number of hydrogen-bond donors (Lipinski definition) is 0. The fraction of sp³-hybridized carbons (Fsp3) is 1.00. The van der Waals surface area contributed by atoms with Crippen LogP contribution in [0.2, 0.25) is 0 Å². The molecule has 62 valence electrons. The summed E-state index contributed by atoms with van der Waals surface area (Å²) in [5, 5.41) is 0. The molecule has 0 aromatic rings. The molecular formula is C4H10O3PPbS-3. The fourth-order valence-corrected chi connectivity index (χ4v) is 3.46. The molecule has 3 nitrogen and oxygen atoms in total. The second kappa shape index (κ2) is 6.14. The molecule has 0 rings (SSSR count). The van der Waals surface area contributed by atoms with Gasteiger partial charge in [-0.15, -0.1) is 0 Å². The van der Waals surface area contributed by atoms with Crippen LogP contribution in [-0.2, 0) is 10.1 Å². The zero-order chi connectivity index (χ0) is 7.49. The quantitative estimate of drug-likeness (QED) is 0.415. The Kier molecular flexibility index (Phi) is 8.67. The Morgan fingerprint density at radius 1 is 1.10 bits per heavy atom. The second-order valence-corrected chi connectivity index (χ2v) is 7.35. The molecule has 0 fully saturated rings. The summed E-state index contributed by atoms with van der Waals surface area (Å²) >= 11 is 0. The van der Waals surface area contributed by atoms with Crippen molar-refractivity contribution < 1.29 is 14.7 Å². The van der Waals surface area contributed by atoms with Gasteiger partial charge in [0.05, 0.1) is 0 Å². The van der Waals surface area contributed by atoms with Gasteiger partial charge in [0.1, 0.15) is 0 Å². The van der Waals surface area contributed by atoms with Crippen molar-refractivity contribution in [2.45, 2.75) is 13.8 Å². The largest absolute Gasteiger partial charge is 0.848 e. The van der Waals surface area contributed by atoms with E-state index < -0.39 is 16.8 Å². The van der Waals surface area contributed by atoms with Crippen LogP contribution in [0.25, 0.3) is 0 Å². The van der Waals surface area contributed by atoms with Crippen LogP contribution in [0.5, 0.6) is 0 Å². The molecule has 0 bridgehead atoms. The third-order valence-electron chi connectivity index (χ3n) is 0.983. The SMILES string of the molecule is CCS(CC)=P([O-])([O-])[O-].[Pb]. The monoisotopic (exact) mass is 377 g/mol. The van der Waals surface area contributed by atoms with E-state index in [1.54, 1.807) is 13.8 Å². The number of hydrogen-bond acceptors (Lipinski definition) is 3. The predicted octanol–water partition coefficient (Wildman–Crippen LogP) is -1.98. The first kappa shape index (κ1) is 14.1. The fourth-order valence-electron chi connectivity index (χ4n) is 0.520. The van der Waals surface area contributed by atoms with Crippen molar-refractivity contribution in [3.8, 4) is 0 Å². The van der Waals surface area contributed by atoms with Crippen LogP contribution < -0.4 is 14.7 Å². The number of rotatable bonds is 2. The maximum atomic E-state index is 10.3. The molecule has 0 saturated heterocycles. The second-order valence-electron chi connectivity index (χ2n) is 1.49. The predicted molar refractivity (Wildman–Crippen MR) is 41.1 cm³/mol. The minimum absolute atomic E-state index is 0. The van der Waals surface area contributed by atoms with Gasteiger partial charge in [-0.2, -0.15) is 0 Å². The van der Waals surface area contributed by atoms with E-state index in [2.05, 4.69) is 0 Å². The van der Waals surface area contributed by atoms with Crippen molar-refractivity contribution in [3.05, 3.63) is 0 Å². The molecule has 0 aliphatic carbocycles. The van der Waals surface area contributed by atoms with E-state index in [9.17, 15) is 14.7 Å². The molecule has 0 amide bonds. The van der Waals surface area contributed by atoms with Crippen LogP contribution in [0.15, 0.2) is 0 Å². The Bertz CT molecular complexity index is 129.